The fourth-order valence-corrected chi connectivity index (χ4v) is 2.28. The third kappa shape index (κ3) is 4.41. The van der Waals surface area contributed by atoms with Gasteiger partial charge in [-0.15, -0.1) is 0 Å². The second-order valence-corrected chi connectivity index (χ2v) is 6.15. The highest BCUT2D eigenvalue weighted by atomic mass is 16.6. The van der Waals surface area contributed by atoms with Crippen LogP contribution in [0, 0.1) is 0 Å². The molecule has 24 heavy (non-hydrogen) atoms. The lowest BCUT2D eigenvalue weighted by Crippen LogP contribution is -2.11. The van der Waals surface area contributed by atoms with Crippen molar-refractivity contribution < 1.29 is 28.4 Å². The van der Waals surface area contributed by atoms with Crippen molar-refractivity contribution in [3.8, 4) is 17.2 Å². The molecule has 6 nitrogen and oxygen atoms in total. The summed E-state index contributed by atoms with van der Waals surface area (Å²) in [5.41, 5.74) is 1.01. The lowest BCUT2D eigenvalue weighted by Gasteiger charge is -2.17. The van der Waals surface area contributed by atoms with Crippen LogP contribution in [0.4, 0.5) is 0 Å². The number of hydrogen-bond acceptors (Lipinski definition) is 6. The number of allylic oxidation sites excluding steroid dienone is 1. The Hall–Kier alpha value is -1.76. The third-order valence-electron chi connectivity index (χ3n) is 3.87. The van der Waals surface area contributed by atoms with Crippen LogP contribution in [0.25, 0.3) is 6.08 Å². The molecule has 0 bridgehead atoms. The summed E-state index contributed by atoms with van der Waals surface area (Å²) < 4.78 is 33.5. The molecule has 0 amide bonds. The van der Waals surface area contributed by atoms with E-state index in [0.29, 0.717) is 37.1 Å². The van der Waals surface area contributed by atoms with E-state index >= 15 is 0 Å². The molecule has 0 saturated carbocycles. The Morgan fingerprint density at radius 3 is 1.75 bits per heavy atom. The van der Waals surface area contributed by atoms with Crippen molar-refractivity contribution in [2.45, 2.75) is 25.2 Å². The van der Waals surface area contributed by atoms with Crippen LogP contribution in [-0.2, 0) is 14.2 Å². The first-order valence-electron chi connectivity index (χ1n) is 8.36. The fraction of sp³-hybridized carbons (Fsp3) is 0.556. The topological polar surface area (TPSA) is 65.3 Å². The van der Waals surface area contributed by atoms with Gasteiger partial charge in [-0.2, -0.15) is 0 Å². The summed E-state index contributed by atoms with van der Waals surface area (Å²) in [6.07, 6.45) is 4.52. The van der Waals surface area contributed by atoms with Gasteiger partial charge in [0, 0.05) is 0 Å². The van der Waals surface area contributed by atoms with E-state index in [4.69, 9.17) is 28.4 Å². The van der Waals surface area contributed by atoms with Gasteiger partial charge in [0.25, 0.3) is 0 Å². The minimum Gasteiger partial charge on any atom is -0.487 e. The molecule has 0 radical (unpaired) electrons. The van der Waals surface area contributed by atoms with Crippen LogP contribution < -0.4 is 14.2 Å². The van der Waals surface area contributed by atoms with Gasteiger partial charge in [-0.25, -0.2) is 0 Å². The third-order valence-corrected chi connectivity index (χ3v) is 3.87. The molecule has 0 aromatic heterocycles. The maximum Gasteiger partial charge on any atom is 0.203 e. The van der Waals surface area contributed by atoms with Crippen molar-refractivity contribution >= 4 is 6.08 Å². The molecule has 3 aliphatic heterocycles. The summed E-state index contributed by atoms with van der Waals surface area (Å²) in [5, 5.41) is 0. The quantitative estimate of drug-likeness (QED) is 0.610. The second kappa shape index (κ2) is 7.01. The highest BCUT2D eigenvalue weighted by Gasteiger charge is 2.28. The van der Waals surface area contributed by atoms with Crippen molar-refractivity contribution in [1.82, 2.24) is 0 Å². The van der Waals surface area contributed by atoms with Crippen molar-refractivity contribution in [3.63, 3.8) is 0 Å². The molecule has 4 rings (SSSR count). The van der Waals surface area contributed by atoms with Gasteiger partial charge < -0.3 is 28.4 Å². The lowest BCUT2D eigenvalue weighted by atomic mass is 10.1. The number of ether oxygens (including phenoxy) is 6. The minimum absolute atomic E-state index is 0.166. The van der Waals surface area contributed by atoms with Crippen molar-refractivity contribution in [2.24, 2.45) is 0 Å². The highest BCUT2D eigenvalue weighted by Crippen LogP contribution is 2.40. The smallest absolute Gasteiger partial charge is 0.203 e. The Morgan fingerprint density at radius 2 is 1.33 bits per heavy atom. The van der Waals surface area contributed by atoms with E-state index in [1.807, 2.05) is 31.2 Å². The standard InChI is InChI=1S/C18H22O6/c1-2-3-12-4-16(22-9-13-6-19-13)18(24-11-15-8-21-15)17(5-12)23-10-14-7-20-14/h2-5,13-15H,6-11H2,1H3. The molecule has 3 fully saturated rings. The largest absolute Gasteiger partial charge is 0.487 e. The summed E-state index contributed by atoms with van der Waals surface area (Å²) in [6.45, 7) is 5.75. The zero-order valence-corrected chi connectivity index (χ0v) is 13.7. The molecular weight excluding hydrogens is 312 g/mol. The molecule has 3 aliphatic rings. The van der Waals surface area contributed by atoms with Crippen LogP contribution in [0.1, 0.15) is 12.5 Å². The van der Waals surface area contributed by atoms with Gasteiger partial charge in [0.05, 0.1) is 19.8 Å². The number of epoxide rings is 3. The average molecular weight is 334 g/mol. The van der Waals surface area contributed by atoms with E-state index in [-0.39, 0.29) is 18.3 Å². The number of benzene rings is 1. The Balaban J connectivity index is 1.56. The number of hydrogen-bond donors (Lipinski definition) is 0. The predicted octanol–water partition coefficient (Wildman–Crippen LogP) is 2.05. The van der Waals surface area contributed by atoms with Crippen molar-refractivity contribution in [3.05, 3.63) is 23.8 Å². The van der Waals surface area contributed by atoms with Crippen LogP contribution in [-0.4, -0.2) is 58.0 Å². The van der Waals surface area contributed by atoms with E-state index in [1.165, 1.54) is 0 Å². The molecule has 1 aromatic carbocycles. The molecule has 0 aliphatic carbocycles. The van der Waals surface area contributed by atoms with Gasteiger partial charge in [0.1, 0.15) is 38.1 Å². The van der Waals surface area contributed by atoms with Crippen LogP contribution >= 0.6 is 0 Å². The zero-order valence-electron chi connectivity index (χ0n) is 13.7. The van der Waals surface area contributed by atoms with Crippen LogP contribution in [0.5, 0.6) is 17.2 Å². The molecule has 3 unspecified atom stereocenters. The van der Waals surface area contributed by atoms with E-state index < -0.39 is 0 Å². The molecule has 3 saturated heterocycles. The number of rotatable bonds is 10. The predicted molar refractivity (Wildman–Crippen MR) is 86.9 cm³/mol. The lowest BCUT2D eigenvalue weighted by molar-refractivity contribution is 0.208. The molecule has 3 heterocycles. The normalized spacial score (nSPS) is 27.1. The van der Waals surface area contributed by atoms with Crippen molar-refractivity contribution in [2.75, 3.05) is 39.6 Å². The zero-order chi connectivity index (χ0) is 16.4. The monoisotopic (exact) mass is 334 g/mol. The summed E-state index contributed by atoms with van der Waals surface area (Å²) in [6, 6.07) is 3.93. The maximum absolute atomic E-state index is 5.95. The van der Waals surface area contributed by atoms with Gasteiger partial charge in [0.15, 0.2) is 11.5 Å². The van der Waals surface area contributed by atoms with Gasteiger partial charge in [-0.3, -0.25) is 0 Å². The van der Waals surface area contributed by atoms with Crippen LogP contribution in [0.2, 0.25) is 0 Å². The summed E-state index contributed by atoms with van der Waals surface area (Å²) >= 11 is 0. The second-order valence-electron chi connectivity index (χ2n) is 6.15. The molecule has 0 spiro atoms. The van der Waals surface area contributed by atoms with E-state index in [0.717, 1.165) is 25.4 Å². The van der Waals surface area contributed by atoms with E-state index in [9.17, 15) is 0 Å². The van der Waals surface area contributed by atoms with Crippen LogP contribution in [0.15, 0.2) is 18.2 Å². The Labute approximate surface area is 141 Å². The van der Waals surface area contributed by atoms with Crippen LogP contribution in [0.3, 0.4) is 0 Å². The first-order chi connectivity index (χ1) is 11.8. The van der Waals surface area contributed by atoms with E-state index in [1.54, 1.807) is 0 Å². The van der Waals surface area contributed by atoms with Gasteiger partial charge in [-0.1, -0.05) is 12.2 Å². The van der Waals surface area contributed by atoms with Gasteiger partial charge in [0.2, 0.25) is 5.75 Å². The Bertz CT molecular complexity index is 565. The highest BCUT2D eigenvalue weighted by molar-refractivity contribution is 5.62. The first-order valence-corrected chi connectivity index (χ1v) is 8.36. The minimum atomic E-state index is 0.166. The molecule has 3 atom stereocenters. The summed E-state index contributed by atoms with van der Waals surface area (Å²) in [4.78, 5) is 0. The molecular formula is C18H22O6. The van der Waals surface area contributed by atoms with Crippen molar-refractivity contribution in [1.29, 1.82) is 0 Å². The average Bonchev–Trinajstić information content (AvgIpc) is 3.45. The van der Waals surface area contributed by atoms with Gasteiger partial charge >= 0.3 is 0 Å². The summed E-state index contributed by atoms with van der Waals surface area (Å²) in [5.74, 6) is 1.97. The Kier molecular flexibility index (Phi) is 4.60. The van der Waals surface area contributed by atoms with E-state index in [2.05, 4.69) is 0 Å². The molecule has 1 aromatic rings. The molecule has 130 valence electrons. The van der Waals surface area contributed by atoms with Gasteiger partial charge in [-0.05, 0) is 24.6 Å². The fourth-order valence-electron chi connectivity index (χ4n) is 2.28. The first kappa shape index (κ1) is 15.7. The maximum atomic E-state index is 5.95. The molecule has 0 N–H and O–H groups in total. The SMILES string of the molecule is CC=Cc1cc(OCC2CO2)c(OCC2CO2)c(OCC2CO2)c1. The Morgan fingerprint density at radius 1 is 0.875 bits per heavy atom. The summed E-state index contributed by atoms with van der Waals surface area (Å²) in [7, 11) is 0. The molecule has 6 heteroatoms.